The molecule has 0 atom stereocenters. The third-order valence-electron chi connectivity index (χ3n) is 2.09. The number of aryl methyl sites for hydroxylation is 1. The minimum absolute atomic E-state index is 0.269. The zero-order chi connectivity index (χ0) is 12.3. The first-order chi connectivity index (χ1) is 7.45. The van der Waals surface area contributed by atoms with Gasteiger partial charge in [0.25, 0.3) is 0 Å². The van der Waals surface area contributed by atoms with E-state index in [0.717, 1.165) is 5.57 Å². The summed E-state index contributed by atoms with van der Waals surface area (Å²) in [4.78, 5) is 15.6. The van der Waals surface area contributed by atoms with Gasteiger partial charge in [0.15, 0.2) is 11.5 Å². The topological polar surface area (TPSA) is 70.7 Å². The number of nitriles is 1. The summed E-state index contributed by atoms with van der Waals surface area (Å²) >= 11 is 0. The lowest BCUT2D eigenvalue weighted by atomic mass is 10.3. The van der Waals surface area contributed by atoms with Gasteiger partial charge < -0.3 is 9.88 Å². The Morgan fingerprint density at radius 3 is 2.69 bits per heavy atom. The first-order valence-corrected chi connectivity index (χ1v) is 4.85. The number of hydrogen-bond acceptors (Lipinski definition) is 3. The van der Waals surface area contributed by atoms with Crippen molar-refractivity contribution >= 4 is 11.7 Å². The zero-order valence-electron chi connectivity index (χ0n) is 9.83. The second kappa shape index (κ2) is 4.62. The summed E-state index contributed by atoms with van der Waals surface area (Å²) in [6.45, 7) is 5.43. The molecule has 0 bridgehead atoms. The van der Waals surface area contributed by atoms with Crippen LogP contribution in [0.25, 0.3) is 0 Å². The largest absolute Gasteiger partial charge is 0.321 e. The number of carbonyl (C=O) groups is 1. The molecule has 0 fully saturated rings. The highest BCUT2D eigenvalue weighted by Gasteiger charge is 2.12. The highest BCUT2D eigenvalue weighted by molar-refractivity contribution is 5.99. The third-order valence-corrected chi connectivity index (χ3v) is 2.09. The Hall–Kier alpha value is -2.09. The fraction of sp³-hybridized carbons (Fsp3) is 0.364. The van der Waals surface area contributed by atoms with Crippen LogP contribution in [0.15, 0.2) is 11.6 Å². The number of allylic oxidation sites excluding steroid dienone is 1. The van der Waals surface area contributed by atoms with Gasteiger partial charge in [0.05, 0.1) is 0 Å². The van der Waals surface area contributed by atoms with Crippen molar-refractivity contribution in [2.45, 2.75) is 20.8 Å². The summed E-state index contributed by atoms with van der Waals surface area (Å²) in [5.41, 5.74) is 1.25. The maximum Gasteiger partial charge on any atom is 0.249 e. The van der Waals surface area contributed by atoms with Crippen LogP contribution in [0, 0.1) is 18.3 Å². The molecule has 0 radical (unpaired) electrons. The molecule has 1 rings (SSSR count). The molecular weight excluding hydrogens is 204 g/mol. The summed E-state index contributed by atoms with van der Waals surface area (Å²) in [7, 11) is 1.73. The quantitative estimate of drug-likeness (QED) is 0.765. The van der Waals surface area contributed by atoms with Crippen LogP contribution in [0.3, 0.4) is 0 Å². The smallest absolute Gasteiger partial charge is 0.249 e. The van der Waals surface area contributed by atoms with Crippen molar-refractivity contribution in [2.75, 3.05) is 5.32 Å². The predicted molar refractivity (Wildman–Crippen MR) is 60.7 cm³/mol. The molecule has 0 aliphatic rings. The maximum absolute atomic E-state index is 11.5. The van der Waals surface area contributed by atoms with Crippen LogP contribution < -0.4 is 5.32 Å². The minimum Gasteiger partial charge on any atom is -0.321 e. The summed E-state index contributed by atoms with van der Waals surface area (Å²) in [6.07, 6.45) is 1.46. The molecule has 1 amide bonds. The van der Waals surface area contributed by atoms with Crippen LogP contribution in [0.2, 0.25) is 0 Å². The van der Waals surface area contributed by atoms with Gasteiger partial charge in [-0.2, -0.15) is 5.26 Å². The molecule has 0 aromatic carbocycles. The van der Waals surface area contributed by atoms with Gasteiger partial charge in [-0.05, 0) is 20.8 Å². The van der Waals surface area contributed by atoms with Gasteiger partial charge in [0, 0.05) is 13.1 Å². The standard InChI is InChI=1S/C11H14N4O/c1-7(2)5-10(16)14-11-9(6-12)15(4)8(3)13-11/h5H,1-4H3,(H,14,16). The SMILES string of the molecule is CC(C)=CC(=O)Nc1nc(C)n(C)c1C#N. The van der Waals surface area contributed by atoms with Crippen LogP contribution in [-0.2, 0) is 11.8 Å². The van der Waals surface area contributed by atoms with Gasteiger partial charge in [0.1, 0.15) is 11.9 Å². The zero-order valence-corrected chi connectivity index (χ0v) is 9.83. The Morgan fingerprint density at radius 1 is 1.56 bits per heavy atom. The van der Waals surface area contributed by atoms with Crippen molar-refractivity contribution in [1.29, 1.82) is 5.26 Å². The molecule has 1 aromatic rings. The van der Waals surface area contributed by atoms with Gasteiger partial charge in [-0.15, -0.1) is 0 Å². The molecule has 0 unspecified atom stereocenters. The molecule has 1 heterocycles. The van der Waals surface area contributed by atoms with Crippen LogP contribution in [-0.4, -0.2) is 15.5 Å². The summed E-state index contributed by atoms with van der Waals surface area (Å²) < 4.78 is 1.64. The van der Waals surface area contributed by atoms with Gasteiger partial charge in [-0.25, -0.2) is 4.98 Å². The molecule has 0 saturated heterocycles. The van der Waals surface area contributed by atoms with E-state index in [1.165, 1.54) is 6.08 Å². The van der Waals surface area contributed by atoms with E-state index in [-0.39, 0.29) is 5.91 Å². The lowest BCUT2D eigenvalue weighted by Gasteiger charge is -1.99. The highest BCUT2D eigenvalue weighted by Crippen LogP contribution is 2.14. The number of nitrogens with zero attached hydrogens (tertiary/aromatic N) is 3. The molecule has 84 valence electrons. The van der Waals surface area contributed by atoms with Crippen molar-refractivity contribution in [3.63, 3.8) is 0 Å². The predicted octanol–water partition coefficient (Wildman–Crippen LogP) is 1.50. The number of rotatable bonds is 2. The molecule has 0 spiro atoms. The fourth-order valence-corrected chi connectivity index (χ4v) is 1.24. The van der Waals surface area contributed by atoms with Crippen molar-refractivity contribution in [2.24, 2.45) is 7.05 Å². The van der Waals surface area contributed by atoms with Crippen LogP contribution >= 0.6 is 0 Å². The molecular formula is C11H14N4O. The first kappa shape index (κ1) is 12.0. The Morgan fingerprint density at radius 2 is 2.19 bits per heavy atom. The second-order valence-electron chi connectivity index (χ2n) is 3.74. The van der Waals surface area contributed by atoms with Crippen molar-refractivity contribution in [1.82, 2.24) is 9.55 Å². The second-order valence-corrected chi connectivity index (χ2v) is 3.74. The Bertz CT molecular complexity index is 487. The number of imidazole rings is 1. The van der Waals surface area contributed by atoms with E-state index in [1.54, 1.807) is 18.5 Å². The van der Waals surface area contributed by atoms with E-state index in [0.29, 0.717) is 17.3 Å². The Labute approximate surface area is 94.4 Å². The van der Waals surface area contributed by atoms with Gasteiger partial charge in [-0.1, -0.05) is 5.57 Å². The number of aromatic nitrogens is 2. The molecule has 5 heteroatoms. The number of carbonyl (C=O) groups excluding carboxylic acids is 1. The van der Waals surface area contributed by atoms with E-state index in [1.807, 2.05) is 19.9 Å². The van der Waals surface area contributed by atoms with Crippen LogP contribution in [0.1, 0.15) is 25.4 Å². The number of anilines is 1. The van der Waals surface area contributed by atoms with Crippen molar-refractivity contribution < 1.29 is 4.79 Å². The summed E-state index contributed by atoms with van der Waals surface area (Å²) in [5, 5.41) is 11.5. The Balaban J connectivity index is 2.99. The molecule has 1 N–H and O–H groups in total. The van der Waals surface area contributed by atoms with Crippen molar-refractivity contribution in [3.05, 3.63) is 23.2 Å². The van der Waals surface area contributed by atoms with Crippen molar-refractivity contribution in [3.8, 4) is 6.07 Å². The summed E-state index contributed by atoms with van der Waals surface area (Å²) in [6, 6.07) is 2.01. The first-order valence-electron chi connectivity index (χ1n) is 4.85. The molecule has 16 heavy (non-hydrogen) atoms. The van der Waals surface area contributed by atoms with Crippen LogP contribution in [0.5, 0.6) is 0 Å². The lowest BCUT2D eigenvalue weighted by Crippen LogP contribution is -2.10. The van der Waals surface area contributed by atoms with E-state index >= 15 is 0 Å². The van der Waals surface area contributed by atoms with Gasteiger partial charge in [-0.3, -0.25) is 4.79 Å². The molecule has 0 aliphatic heterocycles. The molecule has 0 aliphatic carbocycles. The maximum atomic E-state index is 11.5. The molecule has 1 aromatic heterocycles. The molecule has 0 saturated carbocycles. The van der Waals surface area contributed by atoms with E-state index in [9.17, 15) is 4.79 Å². The number of nitrogens with one attached hydrogen (secondary N) is 1. The highest BCUT2D eigenvalue weighted by atomic mass is 16.1. The summed E-state index contributed by atoms with van der Waals surface area (Å²) in [5.74, 6) is 0.726. The monoisotopic (exact) mass is 218 g/mol. The lowest BCUT2D eigenvalue weighted by molar-refractivity contribution is -0.112. The average molecular weight is 218 g/mol. The Kier molecular flexibility index (Phi) is 3.46. The van der Waals surface area contributed by atoms with Gasteiger partial charge >= 0.3 is 0 Å². The van der Waals surface area contributed by atoms with Gasteiger partial charge in [0.2, 0.25) is 5.91 Å². The van der Waals surface area contributed by atoms with E-state index < -0.39 is 0 Å². The average Bonchev–Trinajstić information content (AvgIpc) is 2.40. The van der Waals surface area contributed by atoms with E-state index in [4.69, 9.17) is 5.26 Å². The van der Waals surface area contributed by atoms with E-state index in [2.05, 4.69) is 10.3 Å². The fourth-order valence-electron chi connectivity index (χ4n) is 1.24. The normalized spacial score (nSPS) is 9.44. The van der Waals surface area contributed by atoms with Crippen LogP contribution in [0.4, 0.5) is 5.82 Å². The number of amides is 1. The molecule has 5 nitrogen and oxygen atoms in total. The third kappa shape index (κ3) is 2.48. The minimum atomic E-state index is -0.269. The number of hydrogen-bond donors (Lipinski definition) is 1.